The van der Waals surface area contributed by atoms with Gasteiger partial charge in [0, 0.05) is 13.0 Å². The third-order valence-corrected chi connectivity index (χ3v) is 4.50. The van der Waals surface area contributed by atoms with Crippen molar-refractivity contribution in [2.45, 2.75) is 84.1 Å². The second-order valence-corrected chi connectivity index (χ2v) is 6.36. The summed E-state index contributed by atoms with van der Waals surface area (Å²) < 4.78 is 0. The molecule has 0 spiro atoms. The molecule has 1 aliphatic rings. The molecule has 2 unspecified atom stereocenters. The number of hydrogen-bond acceptors (Lipinski definition) is 2. The van der Waals surface area contributed by atoms with Crippen molar-refractivity contribution in [2.24, 2.45) is 5.92 Å². The highest BCUT2D eigenvalue weighted by Crippen LogP contribution is 2.24. The average molecular weight is 297 g/mol. The number of likely N-dealkylation sites (tertiary alicyclic amines) is 1. The van der Waals surface area contributed by atoms with Crippen LogP contribution in [0.15, 0.2) is 0 Å². The zero-order valence-electron chi connectivity index (χ0n) is 13.6. The zero-order chi connectivity index (χ0) is 15.7. The topological polar surface area (TPSA) is 57.6 Å². The number of carboxylic acids is 1. The Labute approximate surface area is 128 Å². The zero-order valence-corrected chi connectivity index (χ0v) is 13.6. The summed E-state index contributed by atoms with van der Waals surface area (Å²) in [6.07, 6.45) is 10.6. The first-order valence-electron chi connectivity index (χ1n) is 8.60. The number of carbonyl (C=O) groups excluding carboxylic acids is 1. The van der Waals surface area contributed by atoms with Gasteiger partial charge in [0.2, 0.25) is 5.91 Å². The lowest BCUT2D eigenvalue weighted by Gasteiger charge is -2.37. The molecule has 0 aliphatic carbocycles. The summed E-state index contributed by atoms with van der Waals surface area (Å²) >= 11 is 0. The van der Waals surface area contributed by atoms with E-state index in [1.165, 1.54) is 32.1 Å². The van der Waals surface area contributed by atoms with E-state index in [-0.39, 0.29) is 11.8 Å². The highest BCUT2D eigenvalue weighted by Gasteiger charge is 2.36. The number of hydrogen-bond donors (Lipinski definition) is 1. The van der Waals surface area contributed by atoms with Crippen molar-refractivity contribution in [3.8, 4) is 0 Å². The maximum atomic E-state index is 12.3. The Kier molecular flexibility index (Phi) is 8.40. The summed E-state index contributed by atoms with van der Waals surface area (Å²) in [4.78, 5) is 25.2. The Morgan fingerprint density at radius 3 is 2.33 bits per heavy atom. The van der Waals surface area contributed by atoms with Crippen LogP contribution in [0.25, 0.3) is 0 Å². The third-order valence-electron chi connectivity index (χ3n) is 4.50. The van der Waals surface area contributed by atoms with Gasteiger partial charge in [-0.15, -0.1) is 0 Å². The minimum atomic E-state index is -0.852. The Bertz CT molecular complexity index is 330. The number of unbranched alkanes of at least 4 members (excludes halogenated alkanes) is 6. The van der Waals surface area contributed by atoms with E-state index in [0.29, 0.717) is 13.0 Å². The van der Waals surface area contributed by atoms with E-state index in [9.17, 15) is 14.7 Å². The molecule has 0 aromatic carbocycles. The van der Waals surface area contributed by atoms with Gasteiger partial charge in [-0.2, -0.15) is 0 Å². The molecule has 4 nitrogen and oxygen atoms in total. The molecular formula is C17H31NO3. The summed E-state index contributed by atoms with van der Waals surface area (Å²) in [6.45, 7) is 4.75. The minimum Gasteiger partial charge on any atom is -0.480 e. The molecule has 0 bridgehead atoms. The van der Waals surface area contributed by atoms with Crippen LogP contribution in [0.1, 0.15) is 78.1 Å². The van der Waals surface area contributed by atoms with Crippen molar-refractivity contribution < 1.29 is 14.7 Å². The first kappa shape index (κ1) is 18.0. The summed E-state index contributed by atoms with van der Waals surface area (Å²) in [6, 6.07) is -0.615. The van der Waals surface area contributed by atoms with Crippen molar-refractivity contribution in [1.82, 2.24) is 4.90 Å². The SMILES string of the molecule is CCCCCCCCCC(=O)N1CCCC(C)C1C(=O)O. The maximum absolute atomic E-state index is 12.3. The van der Waals surface area contributed by atoms with Gasteiger partial charge in [0.25, 0.3) is 0 Å². The highest BCUT2D eigenvalue weighted by atomic mass is 16.4. The van der Waals surface area contributed by atoms with Gasteiger partial charge in [-0.3, -0.25) is 4.79 Å². The number of carbonyl (C=O) groups is 2. The van der Waals surface area contributed by atoms with E-state index in [1.807, 2.05) is 6.92 Å². The fourth-order valence-electron chi connectivity index (χ4n) is 3.22. The van der Waals surface area contributed by atoms with Gasteiger partial charge >= 0.3 is 5.97 Å². The van der Waals surface area contributed by atoms with E-state index in [1.54, 1.807) is 4.90 Å². The third kappa shape index (κ3) is 6.06. The number of nitrogens with zero attached hydrogens (tertiary/aromatic N) is 1. The predicted molar refractivity (Wildman–Crippen MR) is 84.1 cm³/mol. The maximum Gasteiger partial charge on any atom is 0.326 e. The van der Waals surface area contributed by atoms with E-state index in [0.717, 1.165) is 25.7 Å². The van der Waals surface area contributed by atoms with Crippen LogP contribution in [-0.2, 0) is 9.59 Å². The van der Waals surface area contributed by atoms with Crippen LogP contribution in [0.2, 0.25) is 0 Å². The van der Waals surface area contributed by atoms with Gasteiger partial charge in [0.1, 0.15) is 6.04 Å². The molecule has 1 saturated heterocycles. The Morgan fingerprint density at radius 2 is 1.71 bits per heavy atom. The van der Waals surface area contributed by atoms with Gasteiger partial charge in [0.15, 0.2) is 0 Å². The van der Waals surface area contributed by atoms with E-state index < -0.39 is 12.0 Å². The summed E-state index contributed by atoms with van der Waals surface area (Å²) in [7, 11) is 0. The van der Waals surface area contributed by atoms with Crippen LogP contribution in [-0.4, -0.2) is 34.5 Å². The Hall–Kier alpha value is -1.06. The standard InChI is InChI=1S/C17H31NO3/c1-3-4-5-6-7-8-9-12-15(19)18-13-10-11-14(2)16(18)17(20)21/h14,16H,3-13H2,1-2H3,(H,20,21). The van der Waals surface area contributed by atoms with Gasteiger partial charge in [-0.05, 0) is 25.2 Å². The van der Waals surface area contributed by atoms with E-state index in [4.69, 9.17) is 0 Å². The predicted octanol–water partition coefficient (Wildman–Crippen LogP) is 3.84. The molecule has 0 aromatic rings. The molecule has 1 amide bonds. The van der Waals surface area contributed by atoms with Crippen LogP contribution in [0.4, 0.5) is 0 Å². The summed E-state index contributed by atoms with van der Waals surface area (Å²) in [5, 5.41) is 9.33. The van der Waals surface area contributed by atoms with Crippen molar-refractivity contribution in [3.05, 3.63) is 0 Å². The molecule has 4 heteroatoms. The van der Waals surface area contributed by atoms with E-state index in [2.05, 4.69) is 6.92 Å². The van der Waals surface area contributed by atoms with Crippen LogP contribution in [0.3, 0.4) is 0 Å². The smallest absolute Gasteiger partial charge is 0.326 e. The lowest BCUT2D eigenvalue weighted by molar-refractivity contribution is -0.154. The lowest BCUT2D eigenvalue weighted by atomic mass is 9.90. The second-order valence-electron chi connectivity index (χ2n) is 6.36. The van der Waals surface area contributed by atoms with Crippen LogP contribution in [0, 0.1) is 5.92 Å². The number of carboxylic acid groups (broad SMARTS) is 1. The summed E-state index contributed by atoms with van der Waals surface area (Å²) in [5.74, 6) is -0.758. The fourth-order valence-corrected chi connectivity index (χ4v) is 3.22. The average Bonchev–Trinajstić information content (AvgIpc) is 2.45. The second kappa shape index (κ2) is 9.80. The monoisotopic (exact) mass is 297 g/mol. The molecule has 0 saturated carbocycles. The fraction of sp³-hybridized carbons (Fsp3) is 0.882. The van der Waals surface area contributed by atoms with Gasteiger partial charge in [-0.1, -0.05) is 52.4 Å². The number of piperidine rings is 1. The molecule has 122 valence electrons. The Morgan fingerprint density at radius 1 is 1.10 bits per heavy atom. The first-order chi connectivity index (χ1) is 10.1. The van der Waals surface area contributed by atoms with Gasteiger partial charge in [0.05, 0.1) is 0 Å². The largest absolute Gasteiger partial charge is 0.480 e. The molecular weight excluding hydrogens is 266 g/mol. The molecule has 1 aliphatic heterocycles. The van der Waals surface area contributed by atoms with Gasteiger partial charge in [-0.25, -0.2) is 4.79 Å². The highest BCUT2D eigenvalue weighted by molar-refractivity contribution is 5.84. The quantitative estimate of drug-likeness (QED) is 0.658. The molecule has 0 aromatic heterocycles. The lowest BCUT2D eigenvalue weighted by Crippen LogP contribution is -2.51. The Balaban J connectivity index is 2.28. The molecule has 1 rings (SSSR count). The molecule has 1 N–H and O–H groups in total. The van der Waals surface area contributed by atoms with Crippen molar-refractivity contribution in [2.75, 3.05) is 6.54 Å². The van der Waals surface area contributed by atoms with E-state index >= 15 is 0 Å². The first-order valence-corrected chi connectivity index (χ1v) is 8.60. The molecule has 2 atom stereocenters. The minimum absolute atomic E-state index is 0.0301. The van der Waals surface area contributed by atoms with Crippen molar-refractivity contribution in [1.29, 1.82) is 0 Å². The van der Waals surface area contributed by atoms with Crippen molar-refractivity contribution in [3.63, 3.8) is 0 Å². The van der Waals surface area contributed by atoms with Crippen LogP contribution in [0.5, 0.6) is 0 Å². The number of aliphatic carboxylic acids is 1. The summed E-state index contributed by atoms with van der Waals surface area (Å²) in [5.41, 5.74) is 0. The number of rotatable bonds is 9. The normalized spacial score (nSPS) is 22.3. The van der Waals surface area contributed by atoms with Crippen LogP contribution < -0.4 is 0 Å². The molecule has 1 heterocycles. The van der Waals surface area contributed by atoms with Gasteiger partial charge < -0.3 is 10.0 Å². The molecule has 21 heavy (non-hydrogen) atoms. The number of amides is 1. The van der Waals surface area contributed by atoms with Crippen LogP contribution >= 0.6 is 0 Å². The molecule has 0 radical (unpaired) electrons. The van der Waals surface area contributed by atoms with Crippen molar-refractivity contribution >= 4 is 11.9 Å². The molecule has 1 fully saturated rings.